The lowest BCUT2D eigenvalue weighted by molar-refractivity contribution is -0.136. The maximum absolute atomic E-state index is 13.5. The van der Waals surface area contributed by atoms with Gasteiger partial charge in [0.25, 0.3) is 0 Å². The zero-order valence-corrected chi connectivity index (χ0v) is 13.2. The Morgan fingerprint density at radius 1 is 1.59 bits per heavy atom. The Labute approximate surface area is 134 Å². The quantitative estimate of drug-likeness (QED) is 0.525. The van der Waals surface area contributed by atoms with Gasteiger partial charge in [0.05, 0.1) is 18.7 Å². The predicted octanol–water partition coefficient (Wildman–Crippen LogP) is 2.69. The highest BCUT2D eigenvalue weighted by atomic mass is 32.1. The van der Waals surface area contributed by atoms with E-state index in [2.05, 4.69) is 11.9 Å². The number of nitrogens with zero attached hydrogens (tertiary/aromatic N) is 1. The van der Waals surface area contributed by atoms with Gasteiger partial charge in [-0.3, -0.25) is 0 Å². The number of hydrogen-bond donors (Lipinski definition) is 1. The summed E-state index contributed by atoms with van der Waals surface area (Å²) in [7, 11) is 1.32. The normalized spacial score (nSPS) is 18.0. The Hall–Kier alpha value is -2.21. The first kappa shape index (κ1) is 16.2. The summed E-state index contributed by atoms with van der Waals surface area (Å²) in [5.74, 6) is -0.851. The fraction of sp³-hybridized carbons (Fsp3) is 0.250. The van der Waals surface area contributed by atoms with Crippen LogP contribution in [0.5, 0.6) is 0 Å². The number of methoxy groups -OCH3 is 1. The molecule has 22 heavy (non-hydrogen) atoms. The zero-order valence-electron chi connectivity index (χ0n) is 12.4. The lowest BCUT2D eigenvalue weighted by Gasteiger charge is -2.36. The number of hydrogen-bond acceptors (Lipinski definition) is 3. The average Bonchev–Trinajstić information content (AvgIpc) is 2.50. The molecule has 0 saturated heterocycles. The maximum atomic E-state index is 13.5. The van der Waals surface area contributed by atoms with E-state index in [1.54, 1.807) is 30.0 Å². The number of nitrogens with one attached hydrogen (secondary N) is 1. The van der Waals surface area contributed by atoms with Gasteiger partial charge < -0.3 is 15.0 Å². The topological polar surface area (TPSA) is 41.6 Å². The van der Waals surface area contributed by atoms with Gasteiger partial charge in [0, 0.05) is 12.2 Å². The third kappa shape index (κ3) is 3.01. The SMILES string of the molecule is C=CCN1C(=S)N[C@@H](c2cccc(F)c2)C(C(=O)OC)=C1C. The number of benzene rings is 1. The molecule has 0 amide bonds. The summed E-state index contributed by atoms with van der Waals surface area (Å²) in [5.41, 5.74) is 1.69. The summed E-state index contributed by atoms with van der Waals surface area (Å²) in [6.07, 6.45) is 1.69. The summed E-state index contributed by atoms with van der Waals surface area (Å²) in [6, 6.07) is 5.51. The average molecular weight is 320 g/mol. The van der Waals surface area contributed by atoms with Crippen molar-refractivity contribution in [3.8, 4) is 0 Å². The van der Waals surface area contributed by atoms with E-state index in [-0.39, 0.29) is 5.82 Å². The third-order valence-corrected chi connectivity index (χ3v) is 3.83. The lowest BCUT2D eigenvalue weighted by atomic mass is 9.95. The van der Waals surface area contributed by atoms with Crippen molar-refractivity contribution >= 4 is 23.3 Å². The minimum absolute atomic E-state index is 0.374. The van der Waals surface area contributed by atoms with E-state index < -0.39 is 12.0 Å². The largest absolute Gasteiger partial charge is 0.466 e. The number of carbonyl (C=O) groups excluding carboxylic acids is 1. The second-order valence-electron chi connectivity index (χ2n) is 4.83. The fourth-order valence-corrected chi connectivity index (χ4v) is 2.77. The van der Waals surface area contributed by atoms with Gasteiger partial charge in [-0.1, -0.05) is 18.2 Å². The molecule has 116 valence electrons. The van der Waals surface area contributed by atoms with Crippen molar-refractivity contribution in [2.75, 3.05) is 13.7 Å². The van der Waals surface area contributed by atoms with Crippen LogP contribution in [0.1, 0.15) is 18.5 Å². The summed E-state index contributed by atoms with van der Waals surface area (Å²) >= 11 is 5.34. The fourth-order valence-electron chi connectivity index (χ4n) is 2.44. The van der Waals surface area contributed by atoms with Crippen LogP contribution in [-0.4, -0.2) is 29.6 Å². The number of ether oxygens (including phenoxy) is 1. The summed E-state index contributed by atoms with van der Waals surface area (Å²) in [5, 5.41) is 3.53. The molecule has 0 radical (unpaired) electrons. The number of halogens is 1. The minimum atomic E-state index is -0.545. The highest BCUT2D eigenvalue weighted by Gasteiger charge is 2.34. The van der Waals surface area contributed by atoms with Crippen LogP contribution in [0.25, 0.3) is 0 Å². The second-order valence-corrected chi connectivity index (χ2v) is 5.21. The Morgan fingerprint density at radius 2 is 2.32 bits per heavy atom. The first-order valence-corrected chi connectivity index (χ1v) is 7.14. The van der Waals surface area contributed by atoms with Crippen LogP contribution in [0.4, 0.5) is 4.39 Å². The number of esters is 1. The molecule has 1 aromatic rings. The van der Waals surface area contributed by atoms with Gasteiger partial charge in [-0.15, -0.1) is 6.58 Å². The molecule has 0 fully saturated rings. The predicted molar refractivity (Wildman–Crippen MR) is 86.5 cm³/mol. The van der Waals surface area contributed by atoms with Gasteiger partial charge in [0.1, 0.15) is 5.82 Å². The first-order chi connectivity index (χ1) is 10.5. The molecule has 0 unspecified atom stereocenters. The van der Waals surface area contributed by atoms with E-state index >= 15 is 0 Å². The number of carbonyl (C=O) groups is 1. The van der Waals surface area contributed by atoms with E-state index in [1.807, 2.05) is 0 Å². The summed E-state index contributed by atoms with van der Waals surface area (Å²) in [4.78, 5) is 13.9. The summed E-state index contributed by atoms with van der Waals surface area (Å²) < 4.78 is 18.4. The van der Waals surface area contributed by atoms with Crippen molar-refractivity contribution in [1.82, 2.24) is 10.2 Å². The van der Waals surface area contributed by atoms with E-state index in [0.717, 1.165) is 0 Å². The van der Waals surface area contributed by atoms with Crippen molar-refractivity contribution in [1.29, 1.82) is 0 Å². The minimum Gasteiger partial charge on any atom is -0.466 e. The van der Waals surface area contributed by atoms with E-state index in [1.165, 1.54) is 19.2 Å². The molecule has 2 rings (SSSR count). The van der Waals surface area contributed by atoms with Crippen molar-refractivity contribution in [2.24, 2.45) is 0 Å². The molecule has 0 bridgehead atoms. The molecule has 0 spiro atoms. The maximum Gasteiger partial charge on any atom is 0.337 e. The molecule has 0 saturated carbocycles. The molecular formula is C16H17FN2O2S. The lowest BCUT2D eigenvalue weighted by Crippen LogP contribution is -2.47. The highest BCUT2D eigenvalue weighted by Crippen LogP contribution is 2.31. The van der Waals surface area contributed by atoms with E-state index in [0.29, 0.717) is 28.5 Å². The Morgan fingerprint density at radius 3 is 2.91 bits per heavy atom. The van der Waals surface area contributed by atoms with Gasteiger partial charge in [0.15, 0.2) is 5.11 Å². The molecule has 1 atom stereocenters. The van der Waals surface area contributed by atoms with Gasteiger partial charge in [-0.05, 0) is 36.8 Å². The number of rotatable bonds is 4. The Kier molecular flexibility index (Phi) is 4.92. The smallest absolute Gasteiger partial charge is 0.337 e. The molecule has 6 heteroatoms. The van der Waals surface area contributed by atoms with E-state index in [9.17, 15) is 9.18 Å². The molecule has 1 aliphatic heterocycles. The molecule has 0 aliphatic carbocycles. The van der Waals surface area contributed by atoms with Gasteiger partial charge >= 0.3 is 5.97 Å². The van der Waals surface area contributed by atoms with Crippen LogP contribution in [0.3, 0.4) is 0 Å². The van der Waals surface area contributed by atoms with Gasteiger partial charge in [0.2, 0.25) is 0 Å². The van der Waals surface area contributed by atoms with Crippen molar-refractivity contribution in [2.45, 2.75) is 13.0 Å². The van der Waals surface area contributed by atoms with Gasteiger partial charge in [-0.2, -0.15) is 0 Å². The second kappa shape index (κ2) is 6.70. The van der Waals surface area contributed by atoms with Crippen LogP contribution in [0.15, 0.2) is 48.2 Å². The standard InChI is InChI=1S/C16H17FN2O2S/c1-4-8-19-10(2)13(15(20)21-3)14(18-16(19)22)11-6-5-7-12(17)9-11/h4-7,9,14H,1,8H2,2-3H3,(H,18,22)/t14-/m0/s1. The van der Waals surface area contributed by atoms with Gasteiger partial charge in [-0.25, -0.2) is 9.18 Å². The van der Waals surface area contributed by atoms with Crippen LogP contribution in [0, 0.1) is 5.82 Å². The van der Waals surface area contributed by atoms with E-state index in [4.69, 9.17) is 17.0 Å². The molecular weight excluding hydrogens is 303 g/mol. The van der Waals surface area contributed by atoms with Crippen LogP contribution >= 0.6 is 12.2 Å². The monoisotopic (exact) mass is 320 g/mol. The summed E-state index contributed by atoms with van der Waals surface area (Å²) in [6.45, 7) is 5.94. The van der Waals surface area contributed by atoms with Crippen molar-refractivity contribution < 1.29 is 13.9 Å². The Bertz CT molecular complexity index is 657. The first-order valence-electron chi connectivity index (χ1n) is 6.73. The van der Waals surface area contributed by atoms with Crippen LogP contribution < -0.4 is 5.32 Å². The zero-order chi connectivity index (χ0) is 16.3. The van der Waals surface area contributed by atoms with Crippen LogP contribution in [0.2, 0.25) is 0 Å². The van der Waals surface area contributed by atoms with Crippen molar-refractivity contribution in [3.63, 3.8) is 0 Å². The van der Waals surface area contributed by atoms with Crippen molar-refractivity contribution in [3.05, 3.63) is 59.6 Å². The third-order valence-electron chi connectivity index (χ3n) is 3.50. The van der Waals surface area contributed by atoms with Crippen LogP contribution in [-0.2, 0) is 9.53 Å². The molecule has 1 aromatic carbocycles. The molecule has 1 aliphatic rings. The number of thiocarbonyl (C=S) groups is 1. The molecule has 0 aromatic heterocycles. The molecule has 1 heterocycles. The molecule has 1 N–H and O–H groups in total. The molecule has 4 nitrogen and oxygen atoms in total. The Balaban J connectivity index is 2.55. The number of allylic oxidation sites excluding steroid dienone is 1. The highest BCUT2D eigenvalue weighted by molar-refractivity contribution is 7.80.